The second-order valence-electron chi connectivity index (χ2n) is 6.67. The van der Waals surface area contributed by atoms with E-state index in [-0.39, 0.29) is 5.91 Å². The van der Waals surface area contributed by atoms with Crippen LogP contribution >= 0.6 is 11.6 Å². The summed E-state index contributed by atoms with van der Waals surface area (Å²) >= 11 is 5.88. The molecule has 1 saturated heterocycles. The zero-order chi connectivity index (χ0) is 17.6. The number of halogens is 1. The van der Waals surface area contributed by atoms with Crippen molar-refractivity contribution in [2.75, 3.05) is 26.2 Å². The van der Waals surface area contributed by atoms with Crippen LogP contribution in [0.4, 0.5) is 0 Å². The number of carbonyl (C=O) groups is 1. The number of aryl methyl sites for hydroxylation is 1. The van der Waals surface area contributed by atoms with Crippen molar-refractivity contribution in [3.63, 3.8) is 0 Å². The number of hydrogen-bond donors (Lipinski definition) is 1. The van der Waals surface area contributed by atoms with Crippen LogP contribution in [-0.2, 0) is 18.3 Å². The van der Waals surface area contributed by atoms with Gasteiger partial charge in [-0.25, -0.2) is 4.98 Å². The van der Waals surface area contributed by atoms with Crippen LogP contribution < -0.4 is 5.32 Å². The van der Waals surface area contributed by atoms with Gasteiger partial charge in [0.15, 0.2) is 0 Å². The van der Waals surface area contributed by atoms with Crippen LogP contribution in [0.1, 0.15) is 30.1 Å². The summed E-state index contributed by atoms with van der Waals surface area (Å²) in [5, 5.41) is 3.75. The Balaban J connectivity index is 1.36. The van der Waals surface area contributed by atoms with E-state index in [1.807, 2.05) is 43.7 Å². The van der Waals surface area contributed by atoms with E-state index in [0.29, 0.717) is 19.0 Å². The maximum atomic E-state index is 12.1. The highest BCUT2D eigenvalue weighted by molar-refractivity contribution is 6.30. The summed E-state index contributed by atoms with van der Waals surface area (Å²) in [4.78, 5) is 18.8. The fourth-order valence-electron chi connectivity index (χ4n) is 3.38. The van der Waals surface area contributed by atoms with Crippen molar-refractivity contribution in [2.24, 2.45) is 7.05 Å². The second kappa shape index (κ2) is 8.50. The monoisotopic (exact) mass is 360 g/mol. The lowest BCUT2D eigenvalue weighted by Crippen LogP contribution is -2.41. The molecule has 0 saturated carbocycles. The molecule has 1 aromatic heterocycles. The van der Waals surface area contributed by atoms with E-state index in [2.05, 4.69) is 19.8 Å². The molecule has 1 aliphatic rings. The largest absolute Gasteiger partial charge is 0.355 e. The van der Waals surface area contributed by atoms with Gasteiger partial charge in [-0.1, -0.05) is 23.7 Å². The van der Waals surface area contributed by atoms with Crippen molar-refractivity contribution in [3.8, 4) is 0 Å². The Kier molecular flexibility index (Phi) is 6.10. The third-order valence-corrected chi connectivity index (χ3v) is 5.08. The average molecular weight is 361 g/mol. The molecule has 5 nitrogen and oxygen atoms in total. The first-order valence-electron chi connectivity index (χ1n) is 8.82. The number of nitrogens with one attached hydrogen (secondary N) is 1. The summed E-state index contributed by atoms with van der Waals surface area (Å²) in [6, 6.07) is 7.75. The Morgan fingerprint density at radius 2 is 2.00 bits per heavy atom. The van der Waals surface area contributed by atoms with Gasteiger partial charge < -0.3 is 9.88 Å². The lowest BCUT2D eigenvalue weighted by molar-refractivity contribution is -0.122. The molecule has 134 valence electrons. The summed E-state index contributed by atoms with van der Waals surface area (Å²) in [5.74, 6) is 1.76. The molecule has 1 aromatic carbocycles. The molecule has 1 N–H and O–H groups in total. The van der Waals surface area contributed by atoms with Crippen LogP contribution in [0, 0.1) is 0 Å². The number of aromatic nitrogens is 2. The number of likely N-dealkylation sites (tertiary alicyclic amines) is 1. The van der Waals surface area contributed by atoms with Crippen molar-refractivity contribution in [1.82, 2.24) is 19.8 Å². The molecule has 0 radical (unpaired) electrons. The fraction of sp³-hybridized carbons (Fsp3) is 0.474. The normalized spacial score (nSPS) is 16.1. The van der Waals surface area contributed by atoms with E-state index in [1.165, 1.54) is 5.56 Å². The molecule has 0 aliphatic carbocycles. The maximum absolute atomic E-state index is 12.1. The summed E-state index contributed by atoms with van der Waals surface area (Å²) in [5.41, 5.74) is 1.18. The number of amides is 1. The zero-order valence-corrected chi connectivity index (χ0v) is 15.4. The summed E-state index contributed by atoms with van der Waals surface area (Å²) in [6.45, 7) is 3.03. The number of rotatable bonds is 6. The topological polar surface area (TPSA) is 50.2 Å². The third kappa shape index (κ3) is 5.06. The molecule has 0 unspecified atom stereocenters. The van der Waals surface area contributed by atoms with Crippen molar-refractivity contribution in [3.05, 3.63) is 53.1 Å². The van der Waals surface area contributed by atoms with E-state index in [4.69, 9.17) is 11.6 Å². The summed E-state index contributed by atoms with van der Waals surface area (Å²) in [7, 11) is 2.04. The SMILES string of the molecule is Cn1ccnc1C1CCN(CC(=O)NCCc2ccc(Cl)cc2)CC1. The van der Waals surface area contributed by atoms with Crippen LogP contribution in [0.3, 0.4) is 0 Å². The molecule has 2 aromatic rings. The first-order valence-corrected chi connectivity index (χ1v) is 9.20. The van der Waals surface area contributed by atoms with Gasteiger partial charge in [-0.05, 0) is 50.0 Å². The highest BCUT2D eigenvalue weighted by Gasteiger charge is 2.24. The molecule has 3 rings (SSSR count). The Morgan fingerprint density at radius 3 is 2.64 bits per heavy atom. The van der Waals surface area contributed by atoms with Crippen molar-refractivity contribution in [1.29, 1.82) is 0 Å². The van der Waals surface area contributed by atoms with Crippen LogP contribution in [0.25, 0.3) is 0 Å². The molecular weight excluding hydrogens is 336 g/mol. The van der Waals surface area contributed by atoms with Crippen LogP contribution in [0.5, 0.6) is 0 Å². The number of carbonyl (C=O) groups excluding carboxylic acids is 1. The Morgan fingerprint density at radius 1 is 1.28 bits per heavy atom. The van der Waals surface area contributed by atoms with Gasteiger partial charge >= 0.3 is 0 Å². The number of benzene rings is 1. The third-order valence-electron chi connectivity index (χ3n) is 4.83. The molecule has 0 spiro atoms. The lowest BCUT2D eigenvalue weighted by atomic mass is 9.96. The first-order chi connectivity index (χ1) is 12.1. The van der Waals surface area contributed by atoms with Gasteiger partial charge in [-0.3, -0.25) is 9.69 Å². The van der Waals surface area contributed by atoms with Crippen molar-refractivity contribution in [2.45, 2.75) is 25.2 Å². The maximum Gasteiger partial charge on any atom is 0.234 e. The fourth-order valence-corrected chi connectivity index (χ4v) is 3.50. The minimum absolute atomic E-state index is 0.101. The van der Waals surface area contributed by atoms with Gasteiger partial charge in [-0.2, -0.15) is 0 Å². The first kappa shape index (κ1) is 18.0. The molecule has 6 heteroatoms. The molecule has 0 atom stereocenters. The van der Waals surface area contributed by atoms with Crippen LogP contribution in [-0.4, -0.2) is 46.5 Å². The second-order valence-corrected chi connectivity index (χ2v) is 7.11. The number of nitrogens with zero attached hydrogens (tertiary/aromatic N) is 3. The van der Waals surface area contributed by atoms with Crippen LogP contribution in [0.15, 0.2) is 36.7 Å². The summed E-state index contributed by atoms with van der Waals surface area (Å²) < 4.78 is 2.10. The molecule has 0 bridgehead atoms. The van der Waals surface area contributed by atoms with Gasteiger partial charge in [0.2, 0.25) is 5.91 Å². The van der Waals surface area contributed by atoms with Gasteiger partial charge in [-0.15, -0.1) is 0 Å². The minimum atomic E-state index is 0.101. The average Bonchev–Trinajstić information content (AvgIpc) is 3.03. The molecule has 25 heavy (non-hydrogen) atoms. The number of hydrogen-bond acceptors (Lipinski definition) is 3. The van der Waals surface area contributed by atoms with Gasteiger partial charge in [0.25, 0.3) is 0 Å². The van der Waals surface area contributed by atoms with Crippen molar-refractivity contribution < 1.29 is 4.79 Å². The predicted octanol–water partition coefficient (Wildman–Crippen LogP) is 2.61. The Bertz CT molecular complexity index is 690. The highest BCUT2D eigenvalue weighted by Crippen LogP contribution is 2.26. The Hall–Kier alpha value is -1.85. The zero-order valence-electron chi connectivity index (χ0n) is 14.6. The van der Waals surface area contributed by atoms with Gasteiger partial charge in [0.05, 0.1) is 6.54 Å². The van der Waals surface area contributed by atoms with Crippen LogP contribution in [0.2, 0.25) is 5.02 Å². The molecule has 1 fully saturated rings. The standard InChI is InChI=1S/C19H25ClN4O/c1-23-13-10-22-19(23)16-7-11-24(12-8-16)14-18(25)21-9-6-15-2-4-17(20)5-3-15/h2-5,10,13,16H,6-9,11-12,14H2,1H3,(H,21,25). The highest BCUT2D eigenvalue weighted by atomic mass is 35.5. The number of piperidine rings is 1. The van der Waals surface area contributed by atoms with E-state index >= 15 is 0 Å². The predicted molar refractivity (Wildman–Crippen MR) is 99.8 cm³/mol. The van der Waals surface area contributed by atoms with Gasteiger partial charge in [0.1, 0.15) is 5.82 Å². The Labute approximate surface area is 154 Å². The van der Waals surface area contributed by atoms with E-state index in [9.17, 15) is 4.79 Å². The van der Waals surface area contributed by atoms with E-state index in [1.54, 1.807) is 0 Å². The van der Waals surface area contributed by atoms with E-state index < -0.39 is 0 Å². The molecule has 2 heterocycles. The molecule has 1 aliphatic heterocycles. The quantitative estimate of drug-likeness (QED) is 0.861. The molecular formula is C19H25ClN4O. The number of imidazole rings is 1. The molecule has 1 amide bonds. The minimum Gasteiger partial charge on any atom is -0.355 e. The van der Waals surface area contributed by atoms with Gasteiger partial charge in [0, 0.05) is 36.9 Å². The van der Waals surface area contributed by atoms with Crippen molar-refractivity contribution >= 4 is 17.5 Å². The van der Waals surface area contributed by atoms with E-state index in [0.717, 1.165) is 43.2 Å². The lowest BCUT2D eigenvalue weighted by Gasteiger charge is -2.31. The smallest absolute Gasteiger partial charge is 0.234 e. The summed E-state index contributed by atoms with van der Waals surface area (Å²) in [6.07, 6.45) is 6.79.